The molecule has 7 nitrogen and oxygen atoms in total. The van der Waals surface area contributed by atoms with E-state index in [2.05, 4.69) is 15.3 Å². The van der Waals surface area contributed by atoms with Crippen molar-refractivity contribution >= 4 is 38.8 Å². The number of nitrogens with one attached hydrogen (secondary N) is 1. The maximum atomic E-state index is 12.5. The monoisotopic (exact) mass is 376 g/mol. The van der Waals surface area contributed by atoms with Crippen molar-refractivity contribution < 1.29 is 14.3 Å². The van der Waals surface area contributed by atoms with Crippen molar-refractivity contribution in [2.75, 3.05) is 25.3 Å². The van der Waals surface area contributed by atoms with Crippen molar-refractivity contribution in [1.82, 2.24) is 9.97 Å². The summed E-state index contributed by atoms with van der Waals surface area (Å²) in [6.07, 6.45) is 0. The topological polar surface area (TPSA) is 99.4 Å². The van der Waals surface area contributed by atoms with E-state index in [-0.39, 0.29) is 5.91 Å². The highest BCUT2D eigenvalue weighted by atomic mass is 32.1. The number of hydrogen-bond donors (Lipinski definition) is 2. The molecule has 0 aliphatic carbocycles. The molecule has 0 saturated heterocycles. The Balaban J connectivity index is 1.84. The number of hydrogen-bond acceptors (Lipinski definition) is 8. The van der Waals surface area contributed by atoms with Gasteiger partial charge in [-0.1, -0.05) is 11.3 Å². The molecule has 0 fully saturated rings. The van der Waals surface area contributed by atoms with Crippen LogP contribution in [0.15, 0.2) is 23.6 Å². The van der Waals surface area contributed by atoms with Gasteiger partial charge in [0.05, 0.1) is 30.5 Å². The molecular weight excluding hydrogens is 360 g/mol. The Bertz CT molecular complexity index is 898. The number of methoxy groups -OCH3 is 2. The predicted molar refractivity (Wildman–Crippen MR) is 99.9 cm³/mol. The molecule has 9 heteroatoms. The maximum absolute atomic E-state index is 12.5. The van der Waals surface area contributed by atoms with Crippen LogP contribution in [-0.4, -0.2) is 30.1 Å². The zero-order chi connectivity index (χ0) is 18.0. The molecule has 2 heterocycles. The van der Waals surface area contributed by atoms with E-state index in [4.69, 9.17) is 15.2 Å². The third kappa shape index (κ3) is 3.72. The fraction of sp³-hybridized carbons (Fsp3) is 0.188. The summed E-state index contributed by atoms with van der Waals surface area (Å²) in [4.78, 5) is 22.1. The Morgan fingerprint density at radius 2 is 1.84 bits per heavy atom. The standard InChI is InChI=1S/C16H16N4O3S2/c1-8-13(12-7-24-15(17)19-12)25-16(18-8)20-14(21)9-4-10(22-2)6-11(5-9)23-3/h4-7H,1-3H3,(H2,17,19)(H,18,20,21). The minimum atomic E-state index is -0.296. The molecule has 1 aromatic carbocycles. The summed E-state index contributed by atoms with van der Waals surface area (Å²) in [6, 6.07) is 4.98. The number of carbonyl (C=O) groups excluding carboxylic acids is 1. The lowest BCUT2D eigenvalue weighted by Gasteiger charge is -2.08. The highest BCUT2D eigenvalue weighted by Gasteiger charge is 2.16. The van der Waals surface area contributed by atoms with E-state index in [0.717, 1.165) is 16.3 Å². The quantitative estimate of drug-likeness (QED) is 0.708. The van der Waals surface area contributed by atoms with E-state index in [0.29, 0.717) is 27.3 Å². The fourth-order valence-electron chi connectivity index (χ4n) is 2.19. The van der Waals surface area contributed by atoms with Crippen LogP contribution in [0.5, 0.6) is 11.5 Å². The second-order valence-electron chi connectivity index (χ2n) is 5.06. The number of nitrogen functional groups attached to an aromatic ring is 1. The first-order chi connectivity index (χ1) is 12.0. The van der Waals surface area contributed by atoms with Gasteiger partial charge in [0.1, 0.15) is 11.5 Å². The Morgan fingerprint density at radius 1 is 1.16 bits per heavy atom. The molecule has 0 spiro atoms. The van der Waals surface area contributed by atoms with Crippen LogP contribution < -0.4 is 20.5 Å². The summed E-state index contributed by atoms with van der Waals surface area (Å²) in [5, 5.41) is 5.66. The van der Waals surface area contributed by atoms with Crippen LogP contribution in [0.4, 0.5) is 10.3 Å². The zero-order valence-electron chi connectivity index (χ0n) is 13.8. The van der Waals surface area contributed by atoms with E-state index in [1.807, 2.05) is 12.3 Å². The molecule has 3 N–H and O–H groups in total. The van der Waals surface area contributed by atoms with E-state index in [9.17, 15) is 4.79 Å². The van der Waals surface area contributed by atoms with Gasteiger partial charge < -0.3 is 15.2 Å². The number of rotatable bonds is 5. The molecule has 0 aliphatic heterocycles. The molecule has 2 aromatic heterocycles. The first kappa shape index (κ1) is 17.2. The van der Waals surface area contributed by atoms with Gasteiger partial charge in [-0.05, 0) is 19.1 Å². The van der Waals surface area contributed by atoms with Crippen molar-refractivity contribution in [3.8, 4) is 22.1 Å². The zero-order valence-corrected chi connectivity index (χ0v) is 15.5. The van der Waals surface area contributed by atoms with Gasteiger partial charge in [-0.15, -0.1) is 11.3 Å². The van der Waals surface area contributed by atoms with Gasteiger partial charge in [0.15, 0.2) is 10.3 Å². The summed E-state index contributed by atoms with van der Waals surface area (Å²) in [7, 11) is 3.07. The summed E-state index contributed by atoms with van der Waals surface area (Å²) >= 11 is 2.72. The van der Waals surface area contributed by atoms with Gasteiger partial charge in [0.2, 0.25) is 0 Å². The number of aromatic nitrogens is 2. The van der Waals surface area contributed by atoms with Crippen LogP contribution in [0, 0.1) is 6.92 Å². The van der Waals surface area contributed by atoms with Crippen LogP contribution >= 0.6 is 22.7 Å². The fourth-order valence-corrected chi connectivity index (χ4v) is 3.74. The molecule has 130 valence electrons. The number of nitrogens with two attached hydrogens (primary N) is 1. The number of anilines is 2. The number of thiazole rings is 2. The first-order valence-electron chi connectivity index (χ1n) is 7.23. The molecule has 0 unspecified atom stereocenters. The average molecular weight is 376 g/mol. The highest BCUT2D eigenvalue weighted by molar-refractivity contribution is 7.19. The van der Waals surface area contributed by atoms with Gasteiger partial charge in [-0.2, -0.15) is 0 Å². The summed E-state index contributed by atoms with van der Waals surface area (Å²) in [6.45, 7) is 1.87. The first-order valence-corrected chi connectivity index (χ1v) is 8.93. The summed E-state index contributed by atoms with van der Waals surface area (Å²) in [5.41, 5.74) is 7.65. The third-order valence-corrected chi connectivity index (χ3v) is 5.15. The lowest BCUT2D eigenvalue weighted by Crippen LogP contribution is -2.12. The highest BCUT2D eigenvalue weighted by Crippen LogP contribution is 2.34. The minimum absolute atomic E-state index is 0.296. The van der Waals surface area contributed by atoms with Crippen molar-refractivity contribution in [2.45, 2.75) is 6.92 Å². The molecule has 0 atom stereocenters. The van der Waals surface area contributed by atoms with E-state index >= 15 is 0 Å². The number of carbonyl (C=O) groups is 1. The van der Waals surface area contributed by atoms with Crippen molar-refractivity contribution in [3.63, 3.8) is 0 Å². The maximum Gasteiger partial charge on any atom is 0.257 e. The number of amides is 1. The van der Waals surface area contributed by atoms with Crippen molar-refractivity contribution in [3.05, 3.63) is 34.8 Å². The molecule has 0 aliphatic rings. The van der Waals surface area contributed by atoms with E-state index in [1.54, 1.807) is 18.2 Å². The second kappa shape index (κ2) is 7.08. The molecule has 25 heavy (non-hydrogen) atoms. The number of ether oxygens (including phenoxy) is 2. The molecule has 0 bridgehead atoms. The lowest BCUT2D eigenvalue weighted by atomic mass is 10.2. The average Bonchev–Trinajstić information content (AvgIpc) is 3.19. The van der Waals surface area contributed by atoms with Crippen molar-refractivity contribution in [1.29, 1.82) is 0 Å². The molecule has 0 radical (unpaired) electrons. The van der Waals surface area contributed by atoms with E-state index < -0.39 is 0 Å². The molecule has 0 saturated carbocycles. The molecule has 1 amide bonds. The Morgan fingerprint density at radius 3 is 2.40 bits per heavy atom. The van der Waals surface area contributed by atoms with Gasteiger partial charge in [-0.3, -0.25) is 10.1 Å². The second-order valence-corrected chi connectivity index (χ2v) is 6.95. The van der Waals surface area contributed by atoms with Gasteiger partial charge in [-0.25, -0.2) is 9.97 Å². The van der Waals surface area contributed by atoms with Crippen LogP contribution in [0.3, 0.4) is 0 Å². The number of benzene rings is 1. The summed E-state index contributed by atoms with van der Waals surface area (Å²) < 4.78 is 10.4. The van der Waals surface area contributed by atoms with Gasteiger partial charge in [0.25, 0.3) is 5.91 Å². The van der Waals surface area contributed by atoms with Gasteiger partial charge >= 0.3 is 0 Å². The minimum Gasteiger partial charge on any atom is -0.497 e. The normalized spacial score (nSPS) is 10.5. The van der Waals surface area contributed by atoms with Crippen LogP contribution in [-0.2, 0) is 0 Å². The van der Waals surface area contributed by atoms with Crippen LogP contribution in [0.1, 0.15) is 16.1 Å². The lowest BCUT2D eigenvalue weighted by molar-refractivity contribution is 0.102. The molecular formula is C16H16N4O3S2. The molecule has 3 rings (SSSR count). The van der Waals surface area contributed by atoms with Crippen molar-refractivity contribution in [2.24, 2.45) is 0 Å². The van der Waals surface area contributed by atoms with Crippen LogP contribution in [0.2, 0.25) is 0 Å². The third-order valence-electron chi connectivity index (χ3n) is 3.39. The smallest absolute Gasteiger partial charge is 0.257 e. The largest absolute Gasteiger partial charge is 0.497 e. The number of aryl methyl sites for hydroxylation is 1. The Labute approximate surface area is 152 Å². The number of nitrogens with zero attached hydrogens (tertiary/aromatic N) is 2. The molecule has 3 aromatic rings. The predicted octanol–water partition coefficient (Wildman–Crippen LogP) is 3.43. The Kier molecular flexibility index (Phi) is 4.86. The SMILES string of the molecule is COc1cc(OC)cc(C(=O)Nc2nc(C)c(-c3csc(N)n3)s2)c1. The Hall–Kier alpha value is -2.65. The summed E-state index contributed by atoms with van der Waals surface area (Å²) in [5.74, 6) is 0.784. The van der Waals surface area contributed by atoms with Gasteiger partial charge in [0, 0.05) is 17.0 Å². The van der Waals surface area contributed by atoms with Crippen LogP contribution in [0.25, 0.3) is 10.6 Å². The van der Waals surface area contributed by atoms with E-state index in [1.165, 1.54) is 36.9 Å².